The molecule has 0 spiro atoms. The predicted octanol–water partition coefficient (Wildman–Crippen LogP) is 3.14. The molecule has 0 amide bonds. The van der Waals surface area contributed by atoms with E-state index in [0.717, 1.165) is 32.0 Å². The van der Waals surface area contributed by atoms with E-state index in [1.165, 1.54) is 18.9 Å². The van der Waals surface area contributed by atoms with Crippen molar-refractivity contribution in [3.63, 3.8) is 0 Å². The molecule has 1 N–H and O–H groups in total. The van der Waals surface area contributed by atoms with E-state index in [4.69, 9.17) is 0 Å². The van der Waals surface area contributed by atoms with Gasteiger partial charge in [-0.1, -0.05) is 12.8 Å². The molecule has 2 heterocycles. The van der Waals surface area contributed by atoms with Gasteiger partial charge in [0, 0.05) is 25.2 Å². The van der Waals surface area contributed by atoms with E-state index in [2.05, 4.69) is 10.2 Å². The lowest BCUT2D eigenvalue weighted by atomic mass is 10.1. The molecule has 4 heteroatoms. The van der Waals surface area contributed by atoms with Crippen molar-refractivity contribution < 1.29 is 8.78 Å². The van der Waals surface area contributed by atoms with Gasteiger partial charge < -0.3 is 10.2 Å². The Hall–Kier alpha value is -1.32. The Labute approximate surface area is 99.6 Å². The molecule has 2 nitrogen and oxygen atoms in total. The molecule has 1 aromatic rings. The van der Waals surface area contributed by atoms with Gasteiger partial charge >= 0.3 is 0 Å². The van der Waals surface area contributed by atoms with Gasteiger partial charge in [0.05, 0.1) is 11.4 Å². The summed E-state index contributed by atoms with van der Waals surface area (Å²) in [7, 11) is 0. The van der Waals surface area contributed by atoms with Crippen LogP contribution in [0.5, 0.6) is 0 Å². The third kappa shape index (κ3) is 1.85. The molecule has 1 unspecified atom stereocenters. The molecule has 1 atom stereocenters. The summed E-state index contributed by atoms with van der Waals surface area (Å²) in [6.07, 6.45) is 4.62. The van der Waals surface area contributed by atoms with Crippen LogP contribution >= 0.6 is 0 Å². The van der Waals surface area contributed by atoms with E-state index in [1.54, 1.807) is 0 Å². The minimum absolute atomic E-state index is 0.381. The molecule has 0 aromatic heterocycles. The lowest BCUT2D eigenvalue weighted by Gasteiger charge is -2.38. The second-order valence-corrected chi connectivity index (χ2v) is 4.86. The Morgan fingerprint density at radius 3 is 2.94 bits per heavy atom. The van der Waals surface area contributed by atoms with Gasteiger partial charge in [0.25, 0.3) is 0 Å². The maximum Gasteiger partial charge on any atom is 0.151 e. The summed E-state index contributed by atoms with van der Waals surface area (Å²) in [5.41, 5.74) is 1.16. The summed E-state index contributed by atoms with van der Waals surface area (Å²) in [5.74, 6) is -0.976. The van der Waals surface area contributed by atoms with E-state index < -0.39 is 11.6 Å². The van der Waals surface area contributed by atoms with E-state index in [1.807, 2.05) is 0 Å². The monoisotopic (exact) mass is 238 g/mol. The van der Waals surface area contributed by atoms with Gasteiger partial charge in [-0.3, -0.25) is 0 Å². The Balaban J connectivity index is 2.04. The van der Waals surface area contributed by atoms with E-state index in [0.29, 0.717) is 17.4 Å². The first kappa shape index (κ1) is 10.8. The van der Waals surface area contributed by atoms with E-state index in [9.17, 15) is 8.78 Å². The van der Waals surface area contributed by atoms with Crippen LogP contribution in [-0.4, -0.2) is 19.1 Å². The van der Waals surface area contributed by atoms with Crippen LogP contribution in [-0.2, 0) is 0 Å². The fraction of sp³-hybridized carbons (Fsp3) is 0.538. The van der Waals surface area contributed by atoms with Crippen LogP contribution in [0.2, 0.25) is 0 Å². The molecule has 2 aliphatic rings. The number of halogens is 2. The maximum atomic E-state index is 13.7. The first-order chi connectivity index (χ1) is 8.25. The summed E-state index contributed by atoms with van der Waals surface area (Å²) < 4.78 is 27.0. The van der Waals surface area contributed by atoms with Gasteiger partial charge in [-0.2, -0.15) is 0 Å². The Kier molecular flexibility index (Phi) is 2.65. The Bertz CT molecular complexity index is 434. The van der Waals surface area contributed by atoms with Crippen molar-refractivity contribution in [1.29, 1.82) is 0 Å². The largest absolute Gasteiger partial charge is 0.379 e. The summed E-state index contributed by atoms with van der Waals surface area (Å²) >= 11 is 0. The maximum absolute atomic E-state index is 13.7. The molecule has 2 aliphatic heterocycles. The van der Waals surface area contributed by atoms with Crippen molar-refractivity contribution in [2.24, 2.45) is 0 Å². The highest BCUT2D eigenvalue weighted by Crippen LogP contribution is 2.37. The molecular weight excluding hydrogens is 222 g/mol. The van der Waals surface area contributed by atoms with Crippen molar-refractivity contribution in [2.75, 3.05) is 23.3 Å². The normalized spacial score (nSPS) is 23.4. The van der Waals surface area contributed by atoms with Gasteiger partial charge in [0.2, 0.25) is 0 Å². The second-order valence-electron chi connectivity index (χ2n) is 4.86. The Morgan fingerprint density at radius 2 is 2.06 bits per heavy atom. The molecule has 0 saturated carbocycles. The summed E-state index contributed by atoms with van der Waals surface area (Å²) in [4.78, 5) is 2.17. The fourth-order valence-electron chi connectivity index (χ4n) is 2.89. The molecule has 0 aliphatic carbocycles. The molecule has 1 fully saturated rings. The van der Waals surface area contributed by atoms with E-state index in [-0.39, 0.29) is 0 Å². The number of nitrogens with zero attached hydrogens (tertiary/aromatic N) is 1. The lowest BCUT2D eigenvalue weighted by Crippen LogP contribution is -2.43. The van der Waals surface area contributed by atoms with Crippen LogP contribution in [0.1, 0.15) is 25.7 Å². The lowest BCUT2D eigenvalue weighted by molar-refractivity contribution is 0.554. The van der Waals surface area contributed by atoms with Crippen molar-refractivity contribution in [3.8, 4) is 0 Å². The summed E-state index contributed by atoms with van der Waals surface area (Å²) in [6, 6.07) is 2.78. The first-order valence-electron chi connectivity index (χ1n) is 6.25. The molecule has 1 aromatic carbocycles. The minimum Gasteiger partial charge on any atom is -0.379 e. The zero-order valence-electron chi connectivity index (χ0n) is 9.68. The molecule has 92 valence electrons. The number of hydrogen-bond donors (Lipinski definition) is 1. The highest BCUT2D eigenvalue weighted by molar-refractivity contribution is 5.73. The summed E-state index contributed by atoms with van der Waals surface area (Å²) in [5, 5.41) is 3.10. The highest BCUT2D eigenvalue weighted by Gasteiger charge is 2.29. The van der Waals surface area contributed by atoms with Gasteiger partial charge in [-0.05, 0) is 18.9 Å². The standard InChI is InChI=1S/C13H16F2N2/c14-9-6-11(15)13-12(7-9)17-5-3-1-2-4-10(17)8-16-13/h6-7,10,16H,1-5,8H2. The second kappa shape index (κ2) is 4.17. The van der Waals surface area contributed by atoms with Gasteiger partial charge in [0.1, 0.15) is 5.82 Å². The molecule has 0 bridgehead atoms. The number of rotatable bonds is 0. The molecule has 3 rings (SSSR count). The number of fused-ring (bicyclic) bond motifs is 3. The molecule has 17 heavy (non-hydrogen) atoms. The topological polar surface area (TPSA) is 15.3 Å². The average Bonchev–Trinajstić information content (AvgIpc) is 2.53. The molecule has 0 radical (unpaired) electrons. The smallest absolute Gasteiger partial charge is 0.151 e. The predicted molar refractivity (Wildman–Crippen MR) is 64.4 cm³/mol. The van der Waals surface area contributed by atoms with Crippen LogP contribution < -0.4 is 10.2 Å². The van der Waals surface area contributed by atoms with Crippen molar-refractivity contribution >= 4 is 11.4 Å². The molecule has 1 saturated heterocycles. The van der Waals surface area contributed by atoms with Crippen LogP contribution in [0.4, 0.5) is 20.2 Å². The van der Waals surface area contributed by atoms with Crippen LogP contribution in [0, 0.1) is 11.6 Å². The van der Waals surface area contributed by atoms with Gasteiger partial charge in [-0.25, -0.2) is 8.78 Å². The third-order valence-electron chi connectivity index (χ3n) is 3.74. The van der Waals surface area contributed by atoms with Gasteiger partial charge in [-0.15, -0.1) is 0 Å². The number of anilines is 2. The first-order valence-corrected chi connectivity index (χ1v) is 6.25. The van der Waals surface area contributed by atoms with Crippen LogP contribution in [0.25, 0.3) is 0 Å². The molecular formula is C13H16F2N2. The summed E-state index contributed by atoms with van der Waals surface area (Å²) in [6.45, 7) is 1.66. The number of benzene rings is 1. The van der Waals surface area contributed by atoms with E-state index >= 15 is 0 Å². The highest BCUT2D eigenvalue weighted by atomic mass is 19.1. The van der Waals surface area contributed by atoms with Crippen LogP contribution in [0.15, 0.2) is 12.1 Å². The third-order valence-corrected chi connectivity index (χ3v) is 3.74. The zero-order valence-corrected chi connectivity index (χ0v) is 9.68. The average molecular weight is 238 g/mol. The number of nitrogens with one attached hydrogen (secondary N) is 1. The number of hydrogen-bond acceptors (Lipinski definition) is 2. The zero-order chi connectivity index (χ0) is 11.8. The van der Waals surface area contributed by atoms with Crippen LogP contribution in [0.3, 0.4) is 0 Å². The van der Waals surface area contributed by atoms with Crippen molar-refractivity contribution in [2.45, 2.75) is 31.7 Å². The SMILES string of the molecule is Fc1cc(F)c2c(c1)N1CCCCCC1CN2. The fourth-order valence-corrected chi connectivity index (χ4v) is 2.89. The van der Waals surface area contributed by atoms with Gasteiger partial charge in [0.15, 0.2) is 5.82 Å². The minimum atomic E-state index is -0.493. The van der Waals surface area contributed by atoms with Crippen molar-refractivity contribution in [1.82, 2.24) is 0 Å². The van der Waals surface area contributed by atoms with Crippen molar-refractivity contribution in [3.05, 3.63) is 23.8 Å². The Morgan fingerprint density at radius 1 is 1.18 bits per heavy atom. The quantitative estimate of drug-likeness (QED) is 0.747.